The number of sulfonamides is 1. The molecule has 0 unspecified atom stereocenters. The second-order valence-electron chi connectivity index (χ2n) is 6.63. The zero-order chi connectivity index (χ0) is 20.6. The van der Waals surface area contributed by atoms with Crippen LogP contribution < -0.4 is 9.62 Å². The van der Waals surface area contributed by atoms with Gasteiger partial charge in [0, 0.05) is 18.3 Å². The summed E-state index contributed by atoms with van der Waals surface area (Å²) in [5.41, 5.74) is 2.86. The van der Waals surface area contributed by atoms with E-state index in [0.717, 1.165) is 16.1 Å². The maximum atomic E-state index is 13.1. The molecule has 1 amide bonds. The van der Waals surface area contributed by atoms with Crippen LogP contribution in [0.1, 0.15) is 28.8 Å². The van der Waals surface area contributed by atoms with Crippen LogP contribution in [-0.2, 0) is 21.2 Å². The summed E-state index contributed by atoms with van der Waals surface area (Å²) in [6.45, 7) is 3.59. The number of carbonyl (C=O) groups excluding carboxylic acids is 1. The Morgan fingerprint density at radius 1 is 1.24 bits per heavy atom. The summed E-state index contributed by atoms with van der Waals surface area (Å²) in [7, 11) is -3.61. The van der Waals surface area contributed by atoms with Crippen LogP contribution in [0.3, 0.4) is 0 Å². The Bertz CT molecular complexity index is 1210. The van der Waals surface area contributed by atoms with E-state index in [2.05, 4.69) is 10.5 Å². The Kier molecular flexibility index (Phi) is 5.01. The number of fused-ring (bicyclic) bond motifs is 1. The van der Waals surface area contributed by atoms with Crippen molar-refractivity contribution in [3.8, 4) is 0 Å². The summed E-state index contributed by atoms with van der Waals surface area (Å²) < 4.78 is 33.2. The summed E-state index contributed by atoms with van der Waals surface area (Å²) in [6.07, 6.45) is 4.12. The maximum absolute atomic E-state index is 13.1. The van der Waals surface area contributed by atoms with Gasteiger partial charge in [-0.1, -0.05) is 23.4 Å². The number of amides is 1. The molecule has 1 aliphatic heterocycles. The molecule has 0 atom stereocenters. The molecule has 150 valence electrons. The molecule has 0 saturated carbocycles. The molecular formula is C20H19N3O4S2. The second kappa shape index (κ2) is 7.49. The van der Waals surface area contributed by atoms with E-state index in [0.29, 0.717) is 30.1 Å². The predicted molar refractivity (Wildman–Crippen MR) is 113 cm³/mol. The fraction of sp³-hybridized carbons (Fsp3) is 0.200. The van der Waals surface area contributed by atoms with Gasteiger partial charge in [0.2, 0.25) is 5.91 Å². The fourth-order valence-electron chi connectivity index (χ4n) is 3.22. The number of hydrogen-bond acceptors (Lipinski definition) is 6. The Morgan fingerprint density at radius 3 is 2.83 bits per heavy atom. The smallest absolute Gasteiger partial charge is 0.273 e. The fourth-order valence-corrected chi connectivity index (χ4v) is 6.06. The minimum Gasteiger partial charge on any atom is -0.354 e. The Labute approximate surface area is 172 Å². The quantitative estimate of drug-likeness (QED) is 0.663. The maximum Gasteiger partial charge on any atom is 0.273 e. The third-order valence-electron chi connectivity index (χ3n) is 4.58. The van der Waals surface area contributed by atoms with Crippen LogP contribution in [0, 0.1) is 6.92 Å². The molecule has 0 radical (unpaired) electrons. The van der Waals surface area contributed by atoms with Crippen molar-refractivity contribution in [1.82, 2.24) is 5.16 Å². The summed E-state index contributed by atoms with van der Waals surface area (Å²) in [4.78, 5) is 12.1. The van der Waals surface area contributed by atoms with E-state index in [1.165, 1.54) is 22.6 Å². The molecule has 0 bridgehead atoms. The topological polar surface area (TPSA) is 92.5 Å². The highest BCUT2D eigenvalue weighted by molar-refractivity contribution is 7.94. The van der Waals surface area contributed by atoms with Crippen molar-refractivity contribution in [3.63, 3.8) is 0 Å². The highest BCUT2D eigenvalue weighted by atomic mass is 32.2. The van der Waals surface area contributed by atoms with Gasteiger partial charge in [0.05, 0.1) is 5.69 Å². The van der Waals surface area contributed by atoms with Gasteiger partial charge in [0.15, 0.2) is 5.76 Å². The number of thiophene rings is 1. The molecule has 29 heavy (non-hydrogen) atoms. The molecule has 3 aromatic rings. The summed E-state index contributed by atoms with van der Waals surface area (Å²) in [5, 5.41) is 6.55. The van der Waals surface area contributed by atoms with E-state index in [1.807, 2.05) is 24.3 Å². The zero-order valence-electron chi connectivity index (χ0n) is 15.9. The molecule has 3 heterocycles. The molecule has 1 aromatic carbocycles. The van der Waals surface area contributed by atoms with Gasteiger partial charge >= 0.3 is 0 Å². The van der Waals surface area contributed by atoms with Gasteiger partial charge < -0.3 is 9.84 Å². The zero-order valence-corrected chi connectivity index (χ0v) is 17.5. The molecule has 4 rings (SSSR count). The van der Waals surface area contributed by atoms with Gasteiger partial charge in [-0.25, -0.2) is 8.42 Å². The van der Waals surface area contributed by atoms with E-state index in [-0.39, 0.29) is 10.1 Å². The van der Waals surface area contributed by atoms with Crippen molar-refractivity contribution < 1.29 is 17.7 Å². The first-order valence-corrected chi connectivity index (χ1v) is 11.2. The van der Waals surface area contributed by atoms with Crippen LogP contribution in [0.15, 0.2) is 45.1 Å². The predicted octanol–water partition coefficient (Wildman–Crippen LogP) is 3.92. The first-order chi connectivity index (χ1) is 13.9. The molecule has 0 spiro atoms. The normalized spacial score (nSPS) is 13.8. The molecule has 7 nitrogen and oxygen atoms in total. The number of carbonyl (C=O) groups is 1. The summed E-state index contributed by atoms with van der Waals surface area (Å²) in [5.74, 6) is 0.185. The summed E-state index contributed by atoms with van der Waals surface area (Å²) in [6, 6.07) is 10.9. The minimum atomic E-state index is -3.61. The highest BCUT2D eigenvalue weighted by Gasteiger charge is 2.31. The van der Waals surface area contributed by atoms with Crippen LogP contribution in [-0.4, -0.2) is 26.0 Å². The summed E-state index contributed by atoms with van der Waals surface area (Å²) >= 11 is 1.18. The number of anilines is 2. The van der Waals surface area contributed by atoms with E-state index in [4.69, 9.17) is 4.52 Å². The molecule has 0 aliphatic carbocycles. The molecule has 1 N–H and O–H groups in total. The Balaban J connectivity index is 1.58. The van der Waals surface area contributed by atoms with Crippen molar-refractivity contribution in [2.75, 3.05) is 16.2 Å². The van der Waals surface area contributed by atoms with E-state index in [9.17, 15) is 13.2 Å². The SMILES string of the molecule is CC(=O)Nc1c(C)noc1/C=C/c1ccc(S(=O)(=O)N2CCc3ccccc32)s1. The van der Waals surface area contributed by atoms with Gasteiger partial charge in [-0.3, -0.25) is 9.10 Å². The lowest BCUT2D eigenvalue weighted by Crippen LogP contribution is -2.28. The van der Waals surface area contributed by atoms with Crippen LogP contribution in [0.5, 0.6) is 0 Å². The molecule has 0 fully saturated rings. The van der Waals surface area contributed by atoms with E-state index < -0.39 is 10.0 Å². The van der Waals surface area contributed by atoms with Crippen molar-refractivity contribution >= 4 is 50.8 Å². The lowest BCUT2D eigenvalue weighted by molar-refractivity contribution is -0.114. The van der Waals surface area contributed by atoms with Crippen LogP contribution in [0.25, 0.3) is 12.2 Å². The van der Waals surface area contributed by atoms with Gasteiger partial charge in [0.1, 0.15) is 15.6 Å². The number of benzene rings is 1. The standard InChI is InChI=1S/C20H19N3O4S2/c1-13-20(21-14(2)24)18(27-22-13)9-7-16-8-10-19(28-16)29(25,26)23-12-11-15-5-3-4-6-17(15)23/h3-10H,11-12H2,1-2H3,(H,21,24)/b9-7+. The van der Waals surface area contributed by atoms with Gasteiger partial charge in [-0.2, -0.15) is 0 Å². The largest absolute Gasteiger partial charge is 0.354 e. The Hall–Kier alpha value is -2.91. The first-order valence-electron chi connectivity index (χ1n) is 8.98. The molecule has 1 aliphatic rings. The number of para-hydroxylation sites is 1. The molecular weight excluding hydrogens is 410 g/mol. The minimum absolute atomic E-state index is 0.221. The van der Waals surface area contributed by atoms with Crippen LogP contribution >= 0.6 is 11.3 Å². The number of rotatable bonds is 5. The monoisotopic (exact) mass is 429 g/mol. The second-order valence-corrected chi connectivity index (χ2v) is 9.84. The van der Waals surface area contributed by atoms with Crippen LogP contribution in [0.2, 0.25) is 0 Å². The number of aryl methyl sites for hydroxylation is 1. The highest BCUT2D eigenvalue weighted by Crippen LogP contribution is 2.35. The third kappa shape index (κ3) is 3.70. The number of aromatic nitrogens is 1. The van der Waals surface area contributed by atoms with E-state index in [1.54, 1.807) is 31.2 Å². The van der Waals surface area contributed by atoms with Crippen molar-refractivity contribution in [2.45, 2.75) is 24.5 Å². The Morgan fingerprint density at radius 2 is 2.03 bits per heavy atom. The third-order valence-corrected chi connectivity index (χ3v) is 7.91. The average Bonchev–Trinajstić information content (AvgIpc) is 3.40. The number of hydrogen-bond donors (Lipinski definition) is 1. The lowest BCUT2D eigenvalue weighted by Gasteiger charge is -2.18. The van der Waals surface area contributed by atoms with Gasteiger partial charge in [0.25, 0.3) is 10.0 Å². The number of nitrogens with zero attached hydrogens (tertiary/aromatic N) is 2. The first kappa shape index (κ1) is 19.4. The van der Waals surface area contributed by atoms with Crippen molar-refractivity contribution in [2.24, 2.45) is 0 Å². The van der Waals surface area contributed by atoms with Crippen molar-refractivity contribution in [3.05, 3.63) is 58.3 Å². The van der Waals surface area contributed by atoms with Gasteiger partial charge in [-0.05, 0) is 49.3 Å². The van der Waals surface area contributed by atoms with Crippen molar-refractivity contribution in [1.29, 1.82) is 0 Å². The molecule has 9 heteroatoms. The van der Waals surface area contributed by atoms with E-state index >= 15 is 0 Å². The average molecular weight is 430 g/mol. The number of nitrogens with one attached hydrogen (secondary N) is 1. The molecule has 0 saturated heterocycles. The molecule has 2 aromatic heterocycles. The van der Waals surface area contributed by atoms with Crippen LogP contribution in [0.4, 0.5) is 11.4 Å². The van der Waals surface area contributed by atoms with Gasteiger partial charge in [-0.15, -0.1) is 11.3 Å². The lowest BCUT2D eigenvalue weighted by atomic mass is 10.2.